The van der Waals surface area contributed by atoms with E-state index < -0.39 is 30.4 Å². The summed E-state index contributed by atoms with van der Waals surface area (Å²) in [6, 6.07) is 4.32. The molecular weight excluding hydrogens is 280 g/mol. The van der Waals surface area contributed by atoms with Crippen LogP contribution in [0.25, 0.3) is 0 Å². The van der Waals surface area contributed by atoms with Gasteiger partial charge in [-0.15, -0.1) is 0 Å². The van der Waals surface area contributed by atoms with Gasteiger partial charge in [0.25, 0.3) is 0 Å². The van der Waals surface area contributed by atoms with Crippen LogP contribution in [0, 0.1) is 0 Å². The predicted octanol–water partition coefficient (Wildman–Crippen LogP) is 0.769. The summed E-state index contributed by atoms with van der Waals surface area (Å²) in [5, 5.41) is 19.6. The van der Waals surface area contributed by atoms with Crippen molar-refractivity contribution in [3.63, 3.8) is 0 Å². The number of carboxylic acid groups (broad SMARTS) is 2. The number of carbonyl (C=O) groups excluding carboxylic acids is 1. The summed E-state index contributed by atoms with van der Waals surface area (Å²) in [4.78, 5) is 34.6. The van der Waals surface area contributed by atoms with Crippen LogP contribution < -0.4 is 15.0 Å². The molecule has 0 saturated heterocycles. The Morgan fingerprint density at radius 2 is 1.81 bits per heavy atom. The highest BCUT2D eigenvalue weighted by atomic mass is 16.5. The summed E-state index contributed by atoms with van der Waals surface area (Å²) in [5.41, 5.74) is 0.507. The summed E-state index contributed by atoms with van der Waals surface area (Å²) in [5.74, 6) is -2.11. The second kappa shape index (κ2) is 7.13. The number of hydrogen-bond acceptors (Lipinski definition) is 4. The minimum Gasteiger partial charge on any atom is -0.497 e. The SMILES string of the molecule is COc1ccc(N(C)C(=O)N[C@@H](CC(=O)O)C(=O)O)cc1. The molecule has 0 fully saturated rings. The van der Waals surface area contributed by atoms with Crippen LogP contribution in [0.3, 0.4) is 0 Å². The summed E-state index contributed by atoms with van der Waals surface area (Å²) < 4.78 is 4.99. The third kappa shape index (κ3) is 4.68. The fraction of sp³-hybridized carbons (Fsp3) is 0.308. The maximum absolute atomic E-state index is 11.9. The Labute approximate surface area is 120 Å². The molecule has 1 atom stereocenters. The molecule has 8 heteroatoms. The molecule has 3 N–H and O–H groups in total. The molecule has 0 aliphatic carbocycles. The van der Waals surface area contributed by atoms with Crippen LogP contribution in [0.15, 0.2) is 24.3 Å². The quantitative estimate of drug-likeness (QED) is 0.714. The number of nitrogens with zero attached hydrogens (tertiary/aromatic N) is 1. The number of rotatable bonds is 6. The van der Waals surface area contributed by atoms with Crippen molar-refractivity contribution in [1.29, 1.82) is 0 Å². The van der Waals surface area contributed by atoms with Crippen molar-refractivity contribution in [2.24, 2.45) is 0 Å². The zero-order chi connectivity index (χ0) is 16.0. The van der Waals surface area contributed by atoms with Crippen molar-refractivity contribution in [2.45, 2.75) is 12.5 Å². The van der Waals surface area contributed by atoms with E-state index in [2.05, 4.69) is 5.32 Å². The van der Waals surface area contributed by atoms with E-state index in [1.54, 1.807) is 24.3 Å². The molecule has 0 radical (unpaired) electrons. The van der Waals surface area contributed by atoms with Gasteiger partial charge in [0.15, 0.2) is 0 Å². The Kier molecular flexibility index (Phi) is 5.53. The zero-order valence-electron chi connectivity index (χ0n) is 11.6. The molecule has 0 aliphatic rings. The Morgan fingerprint density at radius 3 is 2.24 bits per heavy atom. The average molecular weight is 296 g/mol. The fourth-order valence-corrected chi connectivity index (χ4v) is 1.54. The van der Waals surface area contributed by atoms with Crippen molar-refractivity contribution in [3.8, 4) is 5.75 Å². The molecule has 114 valence electrons. The molecule has 1 aromatic rings. The van der Waals surface area contributed by atoms with Gasteiger partial charge in [-0.3, -0.25) is 9.69 Å². The predicted molar refractivity (Wildman–Crippen MR) is 73.6 cm³/mol. The summed E-state index contributed by atoms with van der Waals surface area (Å²) in [7, 11) is 2.95. The largest absolute Gasteiger partial charge is 0.497 e. The molecule has 0 bridgehead atoms. The summed E-state index contributed by atoms with van der Waals surface area (Å²) in [6.07, 6.45) is -0.697. The van der Waals surface area contributed by atoms with Crippen LogP contribution >= 0.6 is 0 Å². The summed E-state index contributed by atoms with van der Waals surface area (Å²) in [6.45, 7) is 0. The van der Waals surface area contributed by atoms with Crippen LogP contribution in [0.1, 0.15) is 6.42 Å². The van der Waals surface area contributed by atoms with E-state index in [0.717, 1.165) is 0 Å². The minimum atomic E-state index is -1.49. The maximum Gasteiger partial charge on any atom is 0.326 e. The molecule has 0 aliphatic heterocycles. The third-order valence-corrected chi connectivity index (χ3v) is 2.74. The third-order valence-electron chi connectivity index (χ3n) is 2.74. The lowest BCUT2D eigenvalue weighted by Gasteiger charge is -2.21. The Bertz CT molecular complexity index is 528. The molecule has 1 aromatic carbocycles. The molecule has 2 amide bonds. The van der Waals surface area contributed by atoms with Gasteiger partial charge in [0.05, 0.1) is 13.5 Å². The molecule has 0 saturated carbocycles. The number of anilines is 1. The lowest BCUT2D eigenvalue weighted by atomic mass is 10.2. The lowest BCUT2D eigenvalue weighted by molar-refractivity contribution is -0.145. The number of aliphatic carboxylic acids is 2. The van der Waals surface area contributed by atoms with E-state index in [-0.39, 0.29) is 0 Å². The first kappa shape index (κ1) is 16.3. The normalized spacial score (nSPS) is 11.3. The fourth-order valence-electron chi connectivity index (χ4n) is 1.54. The van der Waals surface area contributed by atoms with Gasteiger partial charge < -0.3 is 20.3 Å². The van der Waals surface area contributed by atoms with E-state index in [1.807, 2.05) is 0 Å². The highest BCUT2D eigenvalue weighted by Crippen LogP contribution is 2.18. The smallest absolute Gasteiger partial charge is 0.326 e. The van der Waals surface area contributed by atoms with Crippen LogP contribution in [-0.2, 0) is 9.59 Å². The van der Waals surface area contributed by atoms with Gasteiger partial charge in [0, 0.05) is 12.7 Å². The van der Waals surface area contributed by atoms with Gasteiger partial charge in [0.2, 0.25) is 0 Å². The van der Waals surface area contributed by atoms with Gasteiger partial charge in [-0.25, -0.2) is 9.59 Å². The number of nitrogens with one attached hydrogen (secondary N) is 1. The number of ether oxygens (including phenoxy) is 1. The van der Waals surface area contributed by atoms with E-state index >= 15 is 0 Å². The maximum atomic E-state index is 11.9. The van der Waals surface area contributed by atoms with Crippen LogP contribution in [-0.4, -0.2) is 48.4 Å². The second-order valence-corrected chi connectivity index (χ2v) is 4.20. The zero-order valence-corrected chi connectivity index (χ0v) is 11.6. The molecule has 21 heavy (non-hydrogen) atoms. The monoisotopic (exact) mass is 296 g/mol. The van der Waals surface area contributed by atoms with Crippen molar-refractivity contribution >= 4 is 23.7 Å². The first-order chi connectivity index (χ1) is 9.85. The standard InChI is InChI=1S/C13H16N2O6/c1-15(8-3-5-9(21-2)6-4-8)13(20)14-10(12(18)19)7-11(16)17/h3-6,10H,7H2,1-2H3,(H,14,20)(H,16,17)(H,18,19)/t10-/m0/s1. The Morgan fingerprint density at radius 1 is 1.24 bits per heavy atom. The van der Waals surface area contributed by atoms with E-state index in [1.165, 1.54) is 19.1 Å². The number of carbonyl (C=O) groups is 3. The van der Waals surface area contributed by atoms with Crippen LogP contribution in [0.5, 0.6) is 5.75 Å². The average Bonchev–Trinajstić information content (AvgIpc) is 2.45. The Balaban J connectivity index is 2.76. The van der Waals surface area contributed by atoms with E-state index in [4.69, 9.17) is 14.9 Å². The van der Waals surface area contributed by atoms with E-state index in [9.17, 15) is 14.4 Å². The van der Waals surface area contributed by atoms with Gasteiger partial charge >= 0.3 is 18.0 Å². The lowest BCUT2D eigenvalue weighted by Crippen LogP contribution is -2.47. The molecule has 0 unspecified atom stereocenters. The van der Waals surface area contributed by atoms with Crippen LogP contribution in [0.4, 0.5) is 10.5 Å². The second-order valence-electron chi connectivity index (χ2n) is 4.20. The van der Waals surface area contributed by atoms with Gasteiger partial charge in [0.1, 0.15) is 11.8 Å². The Hall–Kier alpha value is -2.77. The van der Waals surface area contributed by atoms with Crippen LogP contribution in [0.2, 0.25) is 0 Å². The molecular formula is C13H16N2O6. The van der Waals surface area contributed by atoms with Crippen molar-refractivity contribution < 1.29 is 29.3 Å². The van der Waals surface area contributed by atoms with Gasteiger partial charge in [-0.1, -0.05) is 0 Å². The summed E-state index contributed by atoms with van der Waals surface area (Å²) >= 11 is 0. The van der Waals surface area contributed by atoms with Gasteiger partial charge in [-0.2, -0.15) is 0 Å². The molecule has 0 heterocycles. The topological polar surface area (TPSA) is 116 Å². The number of urea groups is 1. The number of benzene rings is 1. The first-order valence-electron chi connectivity index (χ1n) is 5.98. The van der Waals surface area contributed by atoms with Crippen molar-refractivity contribution in [2.75, 3.05) is 19.1 Å². The number of methoxy groups -OCH3 is 1. The van der Waals surface area contributed by atoms with Crippen molar-refractivity contribution in [1.82, 2.24) is 5.32 Å². The number of hydrogen-bond donors (Lipinski definition) is 3. The number of carboxylic acids is 2. The molecule has 0 aromatic heterocycles. The first-order valence-corrected chi connectivity index (χ1v) is 5.98. The van der Waals surface area contributed by atoms with Crippen molar-refractivity contribution in [3.05, 3.63) is 24.3 Å². The molecule has 0 spiro atoms. The molecule has 1 rings (SSSR count). The highest BCUT2D eigenvalue weighted by Gasteiger charge is 2.24. The minimum absolute atomic E-state index is 0.507. The van der Waals surface area contributed by atoms with Gasteiger partial charge in [-0.05, 0) is 24.3 Å². The number of amides is 2. The van der Waals surface area contributed by atoms with E-state index in [0.29, 0.717) is 11.4 Å². The highest BCUT2D eigenvalue weighted by molar-refractivity contribution is 5.94. The molecule has 8 nitrogen and oxygen atoms in total.